The third-order valence-electron chi connectivity index (χ3n) is 3.21. The third-order valence-corrected chi connectivity index (χ3v) is 4.57. The van der Waals surface area contributed by atoms with Gasteiger partial charge < -0.3 is 0 Å². The molecule has 0 atom stereocenters. The number of fused-ring (bicyclic) bond motifs is 1. The SMILES string of the molecule is O=C(c1cc(I)ccc1Br)c1cccc2ccccc12. The summed E-state index contributed by atoms with van der Waals surface area (Å²) in [7, 11) is 0. The maximum atomic E-state index is 12.8. The highest BCUT2D eigenvalue weighted by Gasteiger charge is 2.15. The second-order valence-corrected chi connectivity index (χ2v) is 6.58. The minimum atomic E-state index is 0.0483. The van der Waals surface area contributed by atoms with Gasteiger partial charge in [-0.25, -0.2) is 0 Å². The molecule has 0 saturated heterocycles. The molecule has 20 heavy (non-hydrogen) atoms. The van der Waals surface area contributed by atoms with E-state index in [9.17, 15) is 4.79 Å². The van der Waals surface area contributed by atoms with Crippen LogP contribution < -0.4 is 0 Å². The van der Waals surface area contributed by atoms with Crippen LogP contribution >= 0.6 is 38.5 Å². The van der Waals surface area contributed by atoms with E-state index in [-0.39, 0.29) is 5.78 Å². The Morgan fingerprint density at radius 2 is 1.65 bits per heavy atom. The summed E-state index contributed by atoms with van der Waals surface area (Å²) in [6.07, 6.45) is 0. The summed E-state index contributed by atoms with van der Waals surface area (Å²) in [5.74, 6) is 0.0483. The number of carbonyl (C=O) groups excluding carboxylic acids is 1. The number of hydrogen-bond donors (Lipinski definition) is 0. The maximum absolute atomic E-state index is 12.8. The van der Waals surface area contributed by atoms with E-state index < -0.39 is 0 Å². The molecule has 0 radical (unpaired) electrons. The minimum Gasteiger partial charge on any atom is -0.289 e. The average Bonchev–Trinajstić information content (AvgIpc) is 2.48. The summed E-state index contributed by atoms with van der Waals surface area (Å²) in [5, 5.41) is 2.07. The fourth-order valence-electron chi connectivity index (χ4n) is 2.24. The lowest BCUT2D eigenvalue weighted by Gasteiger charge is -2.08. The predicted octanol–water partition coefficient (Wildman–Crippen LogP) is 5.44. The molecule has 98 valence electrons. The second-order valence-electron chi connectivity index (χ2n) is 4.48. The molecule has 0 fully saturated rings. The zero-order valence-electron chi connectivity index (χ0n) is 10.4. The zero-order chi connectivity index (χ0) is 14.1. The van der Waals surface area contributed by atoms with Gasteiger partial charge in [-0.2, -0.15) is 0 Å². The quantitative estimate of drug-likeness (QED) is 0.386. The van der Waals surface area contributed by atoms with E-state index in [0.717, 1.165) is 24.4 Å². The molecule has 0 aliphatic heterocycles. The Labute approximate surface area is 139 Å². The summed E-state index contributed by atoms with van der Waals surface area (Å²) in [6, 6.07) is 19.6. The molecular formula is C17H10BrIO. The Hall–Kier alpha value is -1.20. The highest BCUT2D eigenvalue weighted by Crippen LogP contribution is 2.26. The topological polar surface area (TPSA) is 17.1 Å². The van der Waals surface area contributed by atoms with Crippen molar-refractivity contribution in [3.8, 4) is 0 Å². The van der Waals surface area contributed by atoms with Crippen LogP contribution in [0.25, 0.3) is 10.8 Å². The fraction of sp³-hybridized carbons (Fsp3) is 0. The summed E-state index contributed by atoms with van der Waals surface area (Å²) in [4.78, 5) is 12.8. The Morgan fingerprint density at radius 1 is 0.900 bits per heavy atom. The molecule has 3 aromatic rings. The number of halogens is 2. The van der Waals surface area contributed by atoms with Crippen LogP contribution in [-0.4, -0.2) is 5.78 Å². The first-order valence-electron chi connectivity index (χ1n) is 6.14. The van der Waals surface area contributed by atoms with Gasteiger partial charge in [-0.05, 0) is 51.6 Å². The average molecular weight is 437 g/mol. The largest absolute Gasteiger partial charge is 0.289 e. The molecule has 0 aliphatic carbocycles. The summed E-state index contributed by atoms with van der Waals surface area (Å²) >= 11 is 5.69. The first-order valence-corrected chi connectivity index (χ1v) is 8.01. The van der Waals surface area contributed by atoms with Gasteiger partial charge in [0.2, 0.25) is 0 Å². The predicted molar refractivity (Wildman–Crippen MR) is 94.2 cm³/mol. The van der Waals surface area contributed by atoms with E-state index >= 15 is 0 Å². The van der Waals surface area contributed by atoms with Crippen LogP contribution in [0.1, 0.15) is 15.9 Å². The highest BCUT2D eigenvalue weighted by molar-refractivity contribution is 14.1. The smallest absolute Gasteiger partial charge is 0.194 e. The van der Waals surface area contributed by atoms with Crippen molar-refractivity contribution in [3.63, 3.8) is 0 Å². The van der Waals surface area contributed by atoms with E-state index in [1.165, 1.54) is 0 Å². The number of benzene rings is 3. The van der Waals surface area contributed by atoms with Crippen LogP contribution in [0.4, 0.5) is 0 Å². The lowest BCUT2D eigenvalue weighted by Crippen LogP contribution is -2.03. The first-order chi connectivity index (χ1) is 9.66. The van der Waals surface area contributed by atoms with E-state index in [0.29, 0.717) is 5.56 Å². The van der Waals surface area contributed by atoms with Crippen LogP contribution in [-0.2, 0) is 0 Å². The monoisotopic (exact) mass is 436 g/mol. The van der Waals surface area contributed by atoms with Gasteiger partial charge in [-0.15, -0.1) is 0 Å². The Bertz CT molecular complexity index is 806. The molecule has 1 nitrogen and oxygen atoms in total. The molecule has 3 rings (SSSR count). The Kier molecular flexibility index (Phi) is 3.89. The van der Waals surface area contributed by atoms with E-state index in [1.807, 2.05) is 60.7 Å². The molecule has 3 heteroatoms. The third kappa shape index (κ3) is 2.52. The lowest BCUT2D eigenvalue weighted by molar-refractivity contribution is 0.103. The molecule has 0 amide bonds. The van der Waals surface area contributed by atoms with Crippen molar-refractivity contribution in [2.45, 2.75) is 0 Å². The number of carbonyl (C=O) groups is 1. The van der Waals surface area contributed by atoms with Crippen molar-refractivity contribution >= 4 is 55.1 Å². The van der Waals surface area contributed by atoms with Crippen LogP contribution in [0.2, 0.25) is 0 Å². The molecule has 0 heterocycles. The van der Waals surface area contributed by atoms with Gasteiger partial charge in [0.15, 0.2) is 5.78 Å². The van der Waals surface area contributed by atoms with Crippen molar-refractivity contribution in [3.05, 3.63) is 79.8 Å². The fourth-order valence-corrected chi connectivity index (χ4v) is 3.16. The van der Waals surface area contributed by atoms with Crippen LogP contribution in [0, 0.1) is 3.57 Å². The second kappa shape index (κ2) is 5.66. The molecule has 0 saturated carbocycles. The molecular weight excluding hydrogens is 427 g/mol. The number of rotatable bonds is 2. The van der Waals surface area contributed by atoms with Crippen molar-refractivity contribution in [2.75, 3.05) is 0 Å². The maximum Gasteiger partial charge on any atom is 0.194 e. The van der Waals surface area contributed by atoms with Crippen molar-refractivity contribution in [2.24, 2.45) is 0 Å². The van der Waals surface area contributed by atoms with Crippen LogP contribution in [0.5, 0.6) is 0 Å². The van der Waals surface area contributed by atoms with E-state index in [4.69, 9.17) is 0 Å². The normalized spacial score (nSPS) is 10.7. The standard InChI is InChI=1S/C17H10BrIO/c18-16-9-8-12(19)10-15(16)17(20)14-7-3-5-11-4-1-2-6-13(11)14/h1-10H. The van der Waals surface area contributed by atoms with Crippen LogP contribution in [0.3, 0.4) is 0 Å². The van der Waals surface area contributed by atoms with Crippen molar-refractivity contribution in [1.29, 1.82) is 0 Å². The summed E-state index contributed by atoms with van der Waals surface area (Å²) in [5.41, 5.74) is 1.44. The molecule has 0 aromatic heterocycles. The van der Waals surface area contributed by atoms with E-state index in [2.05, 4.69) is 38.5 Å². The first kappa shape index (κ1) is 13.8. The summed E-state index contributed by atoms with van der Waals surface area (Å²) < 4.78 is 1.88. The van der Waals surface area contributed by atoms with Gasteiger partial charge in [0.25, 0.3) is 0 Å². The Balaban J connectivity index is 2.20. The van der Waals surface area contributed by atoms with Crippen molar-refractivity contribution < 1.29 is 4.79 Å². The number of hydrogen-bond acceptors (Lipinski definition) is 1. The number of ketones is 1. The summed E-state index contributed by atoms with van der Waals surface area (Å²) in [6.45, 7) is 0. The minimum absolute atomic E-state index is 0.0483. The van der Waals surface area contributed by atoms with Gasteiger partial charge in [-0.1, -0.05) is 58.4 Å². The molecule has 3 aromatic carbocycles. The molecule has 0 spiro atoms. The molecule has 0 N–H and O–H groups in total. The van der Waals surface area contributed by atoms with Gasteiger partial charge in [0.1, 0.15) is 0 Å². The lowest BCUT2D eigenvalue weighted by atomic mass is 9.97. The molecule has 0 bridgehead atoms. The van der Waals surface area contributed by atoms with Gasteiger partial charge in [0, 0.05) is 19.2 Å². The van der Waals surface area contributed by atoms with Gasteiger partial charge in [0.05, 0.1) is 0 Å². The van der Waals surface area contributed by atoms with Crippen molar-refractivity contribution in [1.82, 2.24) is 0 Å². The van der Waals surface area contributed by atoms with Gasteiger partial charge in [-0.3, -0.25) is 4.79 Å². The van der Waals surface area contributed by atoms with Crippen LogP contribution in [0.15, 0.2) is 65.1 Å². The Morgan fingerprint density at radius 3 is 2.50 bits per heavy atom. The van der Waals surface area contributed by atoms with Gasteiger partial charge >= 0.3 is 0 Å². The molecule has 0 aliphatic rings. The zero-order valence-corrected chi connectivity index (χ0v) is 14.2. The molecule has 0 unspecified atom stereocenters. The highest BCUT2D eigenvalue weighted by atomic mass is 127. The van der Waals surface area contributed by atoms with E-state index in [1.54, 1.807) is 0 Å².